The van der Waals surface area contributed by atoms with Crippen LogP contribution in [0.3, 0.4) is 0 Å². The number of nitrogens with zero attached hydrogens (tertiary/aromatic N) is 3. The first kappa shape index (κ1) is 25.0. The summed E-state index contributed by atoms with van der Waals surface area (Å²) in [6, 6.07) is 12.2. The number of halogens is 5. The zero-order valence-corrected chi connectivity index (χ0v) is 19.3. The molecule has 10 heteroatoms. The summed E-state index contributed by atoms with van der Waals surface area (Å²) in [5.41, 5.74) is 1.27. The predicted octanol–water partition coefficient (Wildman–Crippen LogP) is 5.93. The second-order valence-corrected chi connectivity index (χ2v) is 8.28. The van der Waals surface area contributed by atoms with Crippen LogP contribution in [0.1, 0.15) is 17.5 Å². The Morgan fingerprint density at radius 2 is 1.50 bits per heavy atom. The Bertz CT molecular complexity index is 1410. The number of hydrogen-bond acceptors (Lipinski definition) is 5. The van der Waals surface area contributed by atoms with Gasteiger partial charge in [0.15, 0.2) is 23.3 Å². The van der Waals surface area contributed by atoms with Crippen LogP contribution < -0.4 is 9.64 Å². The highest BCUT2D eigenvalue weighted by molar-refractivity contribution is 5.86. The molecule has 5 nitrogen and oxygen atoms in total. The average Bonchev–Trinajstić information content (AvgIpc) is 2.87. The molecule has 0 saturated heterocycles. The molecular weight excluding hydrogens is 481 g/mol. The molecule has 1 heterocycles. The van der Waals surface area contributed by atoms with Crippen LogP contribution >= 0.6 is 0 Å². The lowest BCUT2D eigenvalue weighted by Crippen LogP contribution is -2.10. The summed E-state index contributed by atoms with van der Waals surface area (Å²) < 4.78 is 73.3. The minimum atomic E-state index is -2.23. The van der Waals surface area contributed by atoms with Crippen LogP contribution in [0.4, 0.5) is 27.6 Å². The van der Waals surface area contributed by atoms with Gasteiger partial charge in [0.05, 0.1) is 10.9 Å². The SMILES string of the molecule is CN(C)c1ccc2c(Oc3ccc(CC(=O)CCc4c(F)c(F)c(F)c(F)c4F)cc3)ncnc2c1. The van der Waals surface area contributed by atoms with Gasteiger partial charge in [0.2, 0.25) is 11.7 Å². The standard InChI is InChI=1S/C26H20F5N3O2/c1-34(2)15-5-9-18-20(12-15)32-13-33-26(18)36-17-7-3-14(4-8-17)11-16(35)6-10-19-21(27)23(29)25(31)24(30)22(19)28/h3-5,7-9,12-13H,6,10-11H2,1-2H3. The van der Waals surface area contributed by atoms with Crippen molar-refractivity contribution < 1.29 is 31.5 Å². The molecule has 0 unspecified atom stereocenters. The fourth-order valence-electron chi connectivity index (χ4n) is 3.62. The molecule has 4 rings (SSSR count). The summed E-state index contributed by atoms with van der Waals surface area (Å²) in [5.74, 6) is -9.72. The molecule has 0 N–H and O–H groups in total. The van der Waals surface area contributed by atoms with Crippen LogP contribution in [0.2, 0.25) is 0 Å². The maximum atomic E-state index is 13.8. The van der Waals surface area contributed by atoms with E-state index in [9.17, 15) is 26.7 Å². The normalized spacial score (nSPS) is 11.1. The van der Waals surface area contributed by atoms with Crippen molar-refractivity contribution in [2.24, 2.45) is 0 Å². The molecule has 0 bridgehead atoms. The third-order valence-electron chi connectivity index (χ3n) is 5.59. The maximum absolute atomic E-state index is 13.8. The number of ketones is 1. The zero-order chi connectivity index (χ0) is 26.0. The van der Waals surface area contributed by atoms with Gasteiger partial charge < -0.3 is 9.64 Å². The van der Waals surface area contributed by atoms with Crippen LogP contribution in [0.5, 0.6) is 11.6 Å². The number of carbonyl (C=O) groups excluding carboxylic acids is 1. The fraction of sp³-hybridized carbons (Fsp3) is 0.192. The summed E-state index contributed by atoms with van der Waals surface area (Å²) in [5, 5.41) is 0.718. The van der Waals surface area contributed by atoms with E-state index in [2.05, 4.69) is 9.97 Å². The van der Waals surface area contributed by atoms with E-state index < -0.39 is 53.3 Å². The van der Waals surface area contributed by atoms with Crippen molar-refractivity contribution in [3.8, 4) is 11.6 Å². The molecule has 0 radical (unpaired) electrons. The van der Waals surface area contributed by atoms with Gasteiger partial charge in [0.1, 0.15) is 17.9 Å². The molecule has 4 aromatic rings. The maximum Gasteiger partial charge on any atom is 0.230 e. The number of benzene rings is 3. The molecule has 0 aliphatic rings. The number of carbonyl (C=O) groups is 1. The van der Waals surface area contributed by atoms with Gasteiger partial charge in [-0.3, -0.25) is 4.79 Å². The third-order valence-corrected chi connectivity index (χ3v) is 5.59. The van der Waals surface area contributed by atoms with Gasteiger partial charge in [-0.15, -0.1) is 0 Å². The van der Waals surface area contributed by atoms with E-state index in [1.54, 1.807) is 24.3 Å². The van der Waals surface area contributed by atoms with Gasteiger partial charge in [-0.05, 0) is 42.3 Å². The van der Waals surface area contributed by atoms with Crippen molar-refractivity contribution in [2.45, 2.75) is 19.3 Å². The quantitative estimate of drug-likeness (QED) is 0.170. The monoisotopic (exact) mass is 501 g/mol. The Balaban J connectivity index is 1.41. The van der Waals surface area contributed by atoms with Crippen LogP contribution in [0.15, 0.2) is 48.8 Å². The highest BCUT2D eigenvalue weighted by Crippen LogP contribution is 2.29. The van der Waals surface area contributed by atoms with E-state index in [1.807, 2.05) is 37.2 Å². The molecule has 1 aromatic heterocycles. The number of rotatable bonds is 8. The first-order chi connectivity index (χ1) is 17.2. The molecule has 3 aromatic carbocycles. The van der Waals surface area contributed by atoms with Gasteiger partial charge in [-0.2, -0.15) is 0 Å². The van der Waals surface area contributed by atoms with Crippen LogP contribution in [0, 0.1) is 29.1 Å². The first-order valence-corrected chi connectivity index (χ1v) is 10.9. The van der Waals surface area contributed by atoms with Crippen molar-refractivity contribution in [3.63, 3.8) is 0 Å². The van der Waals surface area contributed by atoms with Gasteiger partial charge in [0, 0.05) is 38.2 Å². The Morgan fingerprint density at radius 3 is 2.14 bits per heavy atom. The molecule has 186 valence electrons. The molecule has 0 saturated carbocycles. The van der Waals surface area contributed by atoms with Crippen LogP contribution in [0.25, 0.3) is 10.9 Å². The summed E-state index contributed by atoms with van der Waals surface area (Å²) in [6.07, 6.45) is 0.314. The largest absolute Gasteiger partial charge is 0.438 e. The number of hydrogen-bond donors (Lipinski definition) is 0. The molecule has 0 amide bonds. The number of anilines is 1. The number of fused-ring (bicyclic) bond motifs is 1. The second kappa shape index (κ2) is 10.3. The fourth-order valence-corrected chi connectivity index (χ4v) is 3.62. The molecule has 0 aliphatic carbocycles. The van der Waals surface area contributed by atoms with Crippen LogP contribution in [-0.4, -0.2) is 29.8 Å². The van der Waals surface area contributed by atoms with E-state index in [-0.39, 0.29) is 6.42 Å². The number of ether oxygens (including phenoxy) is 1. The summed E-state index contributed by atoms with van der Waals surface area (Å²) in [6.45, 7) is 0. The van der Waals surface area contributed by atoms with E-state index in [1.165, 1.54) is 6.33 Å². The summed E-state index contributed by atoms with van der Waals surface area (Å²) >= 11 is 0. The first-order valence-electron chi connectivity index (χ1n) is 10.9. The molecule has 0 fully saturated rings. The molecular formula is C26H20F5N3O2. The molecule has 0 spiro atoms. The minimum absolute atomic E-state index is 0.0839. The third kappa shape index (κ3) is 5.12. The second-order valence-electron chi connectivity index (χ2n) is 8.28. The van der Waals surface area contributed by atoms with Gasteiger partial charge in [-0.25, -0.2) is 31.9 Å². The Kier molecular flexibility index (Phi) is 7.14. The zero-order valence-electron chi connectivity index (χ0n) is 19.3. The highest BCUT2D eigenvalue weighted by atomic mass is 19.2. The lowest BCUT2D eigenvalue weighted by Gasteiger charge is -2.13. The lowest BCUT2D eigenvalue weighted by atomic mass is 10.0. The Morgan fingerprint density at radius 1 is 0.861 bits per heavy atom. The van der Waals surface area contributed by atoms with E-state index in [0.717, 1.165) is 11.1 Å². The summed E-state index contributed by atoms with van der Waals surface area (Å²) in [4.78, 5) is 22.7. The molecule has 36 heavy (non-hydrogen) atoms. The molecule has 0 atom stereocenters. The van der Waals surface area contributed by atoms with E-state index in [0.29, 0.717) is 22.7 Å². The minimum Gasteiger partial charge on any atom is -0.438 e. The highest BCUT2D eigenvalue weighted by Gasteiger charge is 2.25. The molecule has 0 aliphatic heterocycles. The lowest BCUT2D eigenvalue weighted by molar-refractivity contribution is -0.118. The van der Waals surface area contributed by atoms with Crippen molar-refractivity contribution in [2.75, 3.05) is 19.0 Å². The van der Waals surface area contributed by atoms with Crippen molar-refractivity contribution in [1.29, 1.82) is 0 Å². The smallest absolute Gasteiger partial charge is 0.230 e. The van der Waals surface area contributed by atoms with Gasteiger partial charge in [0.25, 0.3) is 0 Å². The Labute approximate surface area is 203 Å². The van der Waals surface area contributed by atoms with E-state index >= 15 is 0 Å². The van der Waals surface area contributed by atoms with Crippen molar-refractivity contribution >= 4 is 22.4 Å². The van der Waals surface area contributed by atoms with Gasteiger partial charge >= 0.3 is 0 Å². The topological polar surface area (TPSA) is 55.3 Å². The Hall–Kier alpha value is -4.08. The summed E-state index contributed by atoms with van der Waals surface area (Å²) in [7, 11) is 3.84. The van der Waals surface area contributed by atoms with Crippen LogP contribution in [-0.2, 0) is 17.6 Å². The van der Waals surface area contributed by atoms with Crippen molar-refractivity contribution in [3.05, 3.63) is 89.0 Å². The predicted molar refractivity (Wildman–Crippen MR) is 124 cm³/mol. The average molecular weight is 501 g/mol. The number of Topliss-reactive ketones (excluding diaryl/α,β-unsaturated/α-hetero) is 1. The van der Waals surface area contributed by atoms with Crippen molar-refractivity contribution in [1.82, 2.24) is 9.97 Å². The van der Waals surface area contributed by atoms with Gasteiger partial charge in [-0.1, -0.05) is 12.1 Å². The van der Waals surface area contributed by atoms with E-state index in [4.69, 9.17) is 4.74 Å². The number of aromatic nitrogens is 2.